The molecular formula is C12H11ClFN3O2S. The second-order valence-electron chi connectivity index (χ2n) is 3.91. The van der Waals surface area contributed by atoms with Gasteiger partial charge >= 0.3 is 0 Å². The van der Waals surface area contributed by atoms with Crippen LogP contribution in [-0.2, 0) is 16.6 Å². The third-order valence-corrected chi connectivity index (χ3v) is 4.19. The minimum absolute atomic E-state index is 0.0588. The van der Waals surface area contributed by atoms with Gasteiger partial charge in [0.1, 0.15) is 10.7 Å². The molecule has 0 aliphatic rings. The summed E-state index contributed by atoms with van der Waals surface area (Å²) < 4.78 is 40.1. The zero-order valence-corrected chi connectivity index (χ0v) is 11.7. The van der Waals surface area contributed by atoms with Crippen LogP contribution < -0.4 is 10.5 Å². The van der Waals surface area contributed by atoms with E-state index in [2.05, 4.69) is 9.71 Å². The van der Waals surface area contributed by atoms with E-state index in [1.165, 1.54) is 18.3 Å². The summed E-state index contributed by atoms with van der Waals surface area (Å²) in [6.45, 7) is 0.122. The Kier molecular flexibility index (Phi) is 4.22. The quantitative estimate of drug-likeness (QED) is 0.905. The summed E-state index contributed by atoms with van der Waals surface area (Å²) in [5.74, 6) is -0.941. The van der Waals surface area contributed by atoms with Gasteiger partial charge in [0.15, 0.2) is 5.82 Å². The van der Waals surface area contributed by atoms with E-state index in [1.54, 1.807) is 6.07 Å². The zero-order valence-electron chi connectivity index (χ0n) is 10.2. The van der Waals surface area contributed by atoms with Crippen molar-refractivity contribution in [3.8, 4) is 0 Å². The molecule has 106 valence electrons. The number of nitrogens with one attached hydrogen (secondary N) is 1. The van der Waals surface area contributed by atoms with Gasteiger partial charge in [0.2, 0.25) is 0 Å². The van der Waals surface area contributed by atoms with Crippen LogP contribution in [0.4, 0.5) is 10.2 Å². The Labute approximate surface area is 120 Å². The fourth-order valence-corrected chi connectivity index (χ4v) is 2.85. The highest BCUT2D eigenvalue weighted by atomic mass is 35.5. The van der Waals surface area contributed by atoms with Crippen molar-refractivity contribution in [3.63, 3.8) is 0 Å². The number of hydrogen-bond donors (Lipinski definition) is 2. The third kappa shape index (κ3) is 3.06. The van der Waals surface area contributed by atoms with Crippen LogP contribution in [0.2, 0.25) is 5.02 Å². The average molecular weight is 316 g/mol. The van der Waals surface area contributed by atoms with Crippen LogP contribution in [0.15, 0.2) is 41.4 Å². The molecule has 0 amide bonds. The summed E-state index contributed by atoms with van der Waals surface area (Å²) in [6, 6.07) is 6.69. The van der Waals surface area contributed by atoms with Gasteiger partial charge in [0.25, 0.3) is 10.0 Å². The molecule has 1 aromatic heterocycles. The number of nitrogens with zero attached hydrogens (tertiary/aromatic N) is 1. The lowest BCUT2D eigenvalue weighted by Crippen LogP contribution is -2.16. The van der Waals surface area contributed by atoms with Gasteiger partial charge in [0.05, 0.1) is 5.02 Å². The lowest BCUT2D eigenvalue weighted by Gasteiger charge is -2.09. The minimum Gasteiger partial charge on any atom is -0.326 e. The van der Waals surface area contributed by atoms with Gasteiger partial charge in [-0.25, -0.2) is 17.8 Å². The van der Waals surface area contributed by atoms with E-state index in [1.807, 2.05) is 0 Å². The summed E-state index contributed by atoms with van der Waals surface area (Å²) >= 11 is 5.81. The van der Waals surface area contributed by atoms with Crippen LogP contribution >= 0.6 is 11.6 Å². The minimum atomic E-state index is -4.10. The highest BCUT2D eigenvalue weighted by Crippen LogP contribution is 2.23. The maximum absolute atomic E-state index is 13.8. The maximum Gasteiger partial charge on any atom is 0.266 e. The van der Waals surface area contributed by atoms with E-state index < -0.39 is 20.7 Å². The van der Waals surface area contributed by atoms with Crippen LogP contribution in [0.25, 0.3) is 0 Å². The van der Waals surface area contributed by atoms with Gasteiger partial charge in [-0.1, -0.05) is 17.7 Å². The number of pyridine rings is 1. The molecule has 20 heavy (non-hydrogen) atoms. The van der Waals surface area contributed by atoms with Crippen LogP contribution in [-0.4, -0.2) is 13.4 Å². The molecule has 0 saturated carbocycles. The van der Waals surface area contributed by atoms with E-state index in [4.69, 9.17) is 17.3 Å². The first-order valence-corrected chi connectivity index (χ1v) is 7.42. The number of sulfonamides is 1. The number of halogens is 2. The SMILES string of the molecule is NCc1ccc(S(=O)(=O)Nc2ncccc2Cl)c(F)c1. The summed E-state index contributed by atoms with van der Waals surface area (Å²) in [4.78, 5) is 3.30. The number of benzene rings is 1. The molecule has 0 spiro atoms. The maximum atomic E-state index is 13.8. The topological polar surface area (TPSA) is 85.1 Å². The third-order valence-electron chi connectivity index (χ3n) is 2.51. The van der Waals surface area contributed by atoms with Crippen molar-refractivity contribution < 1.29 is 12.8 Å². The molecule has 0 aliphatic heterocycles. The zero-order chi connectivity index (χ0) is 14.8. The first-order chi connectivity index (χ1) is 9.44. The van der Waals surface area contributed by atoms with Crippen LogP contribution in [0.1, 0.15) is 5.56 Å². The Morgan fingerprint density at radius 1 is 1.35 bits per heavy atom. The Balaban J connectivity index is 2.39. The molecule has 0 aliphatic carbocycles. The number of anilines is 1. The van der Waals surface area contributed by atoms with Gasteiger partial charge in [-0.2, -0.15) is 0 Å². The monoisotopic (exact) mass is 315 g/mol. The van der Waals surface area contributed by atoms with Crippen molar-refractivity contribution in [2.75, 3.05) is 4.72 Å². The lowest BCUT2D eigenvalue weighted by molar-refractivity contribution is 0.569. The van der Waals surface area contributed by atoms with Crippen LogP contribution in [0.5, 0.6) is 0 Å². The summed E-state index contributed by atoms with van der Waals surface area (Å²) in [5.41, 5.74) is 5.86. The molecule has 3 N–H and O–H groups in total. The van der Waals surface area contributed by atoms with Crippen molar-refractivity contribution in [2.45, 2.75) is 11.4 Å². The molecule has 2 aromatic rings. The van der Waals surface area contributed by atoms with Crippen molar-refractivity contribution >= 4 is 27.4 Å². The van der Waals surface area contributed by atoms with Gasteiger partial charge < -0.3 is 5.73 Å². The fraction of sp³-hybridized carbons (Fsp3) is 0.0833. The molecule has 0 unspecified atom stereocenters. The molecule has 0 bridgehead atoms. The summed E-state index contributed by atoms with van der Waals surface area (Å²) in [6.07, 6.45) is 1.37. The standard InChI is InChI=1S/C12H11ClFN3O2S/c13-9-2-1-5-16-12(9)17-20(18,19)11-4-3-8(7-15)6-10(11)14/h1-6H,7,15H2,(H,16,17). The Bertz CT molecular complexity index is 737. The fourth-order valence-electron chi connectivity index (χ4n) is 1.53. The molecule has 1 heterocycles. The Hall–Kier alpha value is -1.70. The van der Waals surface area contributed by atoms with E-state index in [-0.39, 0.29) is 17.4 Å². The van der Waals surface area contributed by atoms with Gasteiger partial charge in [0, 0.05) is 12.7 Å². The molecule has 0 fully saturated rings. The van der Waals surface area contributed by atoms with Gasteiger partial charge in [-0.3, -0.25) is 4.72 Å². The molecule has 8 heteroatoms. The number of aromatic nitrogens is 1. The number of rotatable bonds is 4. The largest absolute Gasteiger partial charge is 0.326 e. The van der Waals surface area contributed by atoms with Gasteiger partial charge in [-0.05, 0) is 29.8 Å². The lowest BCUT2D eigenvalue weighted by atomic mass is 10.2. The molecule has 2 rings (SSSR count). The van der Waals surface area contributed by atoms with E-state index in [0.29, 0.717) is 5.56 Å². The smallest absolute Gasteiger partial charge is 0.266 e. The normalized spacial score (nSPS) is 11.3. The second-order valence-corrected chi connectivity index (χ2v) is 5.97. The summed E-state index contributed by atoms with van der Waals surface area (Å²) in [7, 11) is -4.10. The van der Waals surface area contributed by atoms with Crippen molar-refractivity contribution in [2.24, 2.45) is 5.73 Å². The van der Waals surface area contributed by atoms with Crippen molar-refractivity contribution in [3.05, 3.63) is 52.9 Å². The molecular weight excluding hydrogens is 305 g/mol. The van der Waals surface area contributed by atoms with Crippen LogP contribution in [0, 0.1) is 5.82 Å². The first-order valence-electron chi connectivity index (χ1n) is 5.56. The Morgan fingerprint density at radius 2 is 2.10 bits per heavy atom. The van der Waals surface area contributed by atoms with Crippen molar-refractivity contribution in [1.82, 2.24) is 4.98 Å². The highest BCUT2D eigenvalue weighted by molar-refractivity contribution is 7.92. The molecule has 0 radical (unpaired) electrons. The molecule has 0 saturated heterocycles. The average Bonchev–Trinajstić information content (AvgIpc) is 2.40. The molecule has 0 atom stereocenters. The van der Waals surface area contributed by atoms with Crippen molar-refractivity contribution in [1.29, 1.82) is 0 Å². The van der Waals surface area contributed by atoms with Gasteiger partial charge in [-0.15, -0.1) is 0 Å². The van der Waals surface area contributed by atoms with E-state index in [9.17, 15) is 12.8 Å². The molecule has 5 nitrogen and oxygen atoms in total. The summed E-state index contributed by atoms with van der Waals surface area (Å²) in [5, 5.41) is 0.120. The highest BCUT2D eigenvalue weighted by Gasteiger charge is 2.20. The van der Waals surface area contributed by atoms with Crippen LogP contribution in [0.3, 0.4) is 0 Å². The predicted octanol–water partition coefficient (Wildman–Crippen LogP) is 2.13. The van der Waals surface area contributed by atoms with E-state index in [0.717, 1.165) is 12.1 Å². The molecule has 1 aromatic carbocycles. The predicted molar refractivity (Wildman–Crippen MR) is 74.3 cm³/mol. The van der Waals surface area contributed by atoms with E-state index >= 15 is 0 Å². The first kappa shape index (κ1) is 14.7. The second kappa shape index (κ2) is 5.74. The number of nitrogens with two attached hydrogens (primary N) is 1. The number of hydrogen-bond acceptors (Lipinski definition) is 4. The Morgan fingerprint density at radius 3 is 2.70 bits per heavy atom.